The van der Waals surface area contributed by atoms with Crippen LogP contribution < -0.4 is 0 Å². The first-order valence-electron chi connectivity index (χ1n) is 4.95. The Kier molecular flexibility index (Phi) is 2.88. The van der Waals surface area contributed by atoms with Gasteiger partial charge in [0, 0.05) is 5.56 Å². The highest BCUT2D eigenvalue weighted by molar-refractivity contribution is 5.83. The van der Waals surface area contributed by atoms with Crippen LogP contribution in [0.5, 0.6) is 0 Å². The summed E-state index contributed by atoms with van der Waals surface area (Å²) >= 11 is 0. The first-order valence-corrected chi connectivity index (χ1v) is 4.95. The summed E-state index contributed by atoms with van der Waals surface area (Å²) in [4.78, 5) is 10.3. The SMILES string of the molecule is O=C(O)CC#Cc1ccc2ccccc2c1. The summed E-state index contributed by atoms with van der Waals surface area (Å²) in [6, 6.07) is 13.8. The molecule has 2 nitrogen and oxygen atoms in total. The van der Waals surface area contributed by atoms with Crippen molar-refractivity contribution in [1.29, 1.82) is 0 Å². The van der Waals surface area contributed by atoms with Gasteiger partial charge < -0.3 is 5.11 Å². The molecular formula is C14H10O2. The van der Waals surface area contributed by atoms with Gasteiger partial charge in [0.2, 0.25) is 0 Å². The summed E-state index contributed by atoms with van der Waals surface area (Å²) in [5, 5.41) is 10.7. The molecule has 2 aromatic rings. The molecule has 2 heteroatoms. The van der Waals surface area contributed by atoms with Gasteiger partial charge in [0.15, 0.2) is 0 Å². The highest BCUT2D eigenvalue weighted by Gasteiger charge is 1.93. The fourth-order valence-electron chi connectivity index (χ4n) is 1.49. The van der Waals surface area contributed by atoms with Crippen LogP contribution in [0, 0.1) is 11.8 Å². The molecule has 0 aromatic heterocycles. The monoisotopic (exact) mass is 210 g/mol. The van der Waals surface area contributed by atoms with Crippen molar-refractivity contribution in [3.05, 3.63) is 48.0 Å². The van der Waals surface area contributed by atoms with Crippen LogP contribution in [0.4, 0.5) is 0 Å². The average molecular weight is 210 g/mol. The molecule has 0 unspecified atom stereocenters. The lowest BCUT2D eigenvalue weighted by Crippen LogP contribution is -1.90. The molecule has 78 valence electrons. The zero-order valence-electron chi connectivity index (χ0n) is 8.60. The van der Waals surface area contributed by atoms with E-state index < -0.39 is 5.97 Å². The summed E-state index contributed by atoms with van der Waals surface area (Å²) in [5.74, 6) is 4.56. The van der Waals surface area contributed by atoms with Gasteiger partial charge in [0.05, 0.1) is 0 Å². The van der Waals surface area contributed by atoms with Crippen LogP contribution in [-0.2, 0) is 4.79 Å². The Balaban J connectivity index is 2.31. The van der Waals surface area contributed by atoms with Crippen LogP contribution in [-0.4, -0.2) is 11.1 Å². The van der Waals surface area contributed by atoms with Gasteiger partial charge in [-0.15, -0.1) is 0 Å². The Bertz CT molecular complexity index is 588. The van der Waals surface area contributed by atoms with Gasteiger partial charge >= 0.3 is 5.97 Å². The van der Waals surface area contributed by atoms with E-state index in [4.69, 9.17) is 5.11 Å². The lowest BCUT2D eigenvalue weighted by molar-refractivity contribution is -0.135. The predicted molar refractivity (Wildman–Crippen MR) is 63.1 cm³/mol. The Morgan fingerprint density at radius 2 is 1.88 bits per heavy atom. The molecule has 2 rings (SSSR count). The van der Waals surface area contributed by atoms with Crippen LogP contribution in [0.3, 0.4) is 0 Å². The zero-order valence-corrected chi connectivity index (χ0v) is 8.60. The van der Waals surface area contributed by atoms with E-state index in [1.54, 1.807) is 0 Å². The van der Waals surface area contributed by atoms with Crippen LogP contribution >= 0.6 is 0 Å². The molecule has 0 radical (unpaired) electrons. The minimum absolute atomic E-state index is 0.118. The Labute approximate surface area is 93.5 Å². The van der Waals surface area contributed by atoms with E-state index in [0.29, 0.717) is 0 Å². The zero-order chi connectivity index (χ0) is 11.4. The number of fused-ring (bicyclic) bond motifs is 1. The third-order valence-electron chi connectivity index (χ3n) is 2.22. The number of hydrogen-bond donors (Lipinski definition) is 1. The predicted octanol–water partition coefficient (Wildman–Crippen LogP) is 2.67. The van der Waals surface area contributed by atoms with Crippen molar-refractivity contribution in [2.75, 3.05) is 0 Å². The van der Waals surface area contributed by atoms with Crippen molar-refractivity contribution >= 4 is 16.7 Å². The van der Waals surface area contributed by atoms with Crippen LogP contribution in [0.2, 0.25) is 0 Å². The number of carboxylic acid groups (broad SMARTS) is 1. The summed E-state index contributed by atoms with van der Waals surface area (Å²) < 4.78 is 0. The fourth-order valence-corrected chi connectivity index (χ4v) is 1.49. The fraction of sp³-hybridized carbons (Fsp3) is 0.0714. The first-order chi connectivity index (χ1) is 7.75. The van der Waals surface area contributed by atoms with Gasteiger partial charge in [-0.3, -0.25) is 4.79 Å². The van der Waals surface area contributed by atoms with E-state index in [-0.39, 0.29) is 6.42 Å². The molecule has 0 heterocycles. The Morgan fingerprint density at radius 1 is 1.12 bits per heavy atom. The minimum Gasteiger partial charge on any atom is -0.481 e. The largest absolute Gasteiger partial charge is 0.481 e. The van der Waals surface area contributed by atoms with E-state index in [9.17, 15) is 4.79 Å². The molecule has 0 aliphatic heterocycles. The summed E-state index contributed by atoms with van der Waals surface area (Å²) in [6.45, 7) is 0. The molecule has 0 bridgehead atoms. The number of carboxylic acids is 1. The lowest BCUT2D eigenvalue weighted by Gasteiger charge is -1.96. The van der Waals surface area contributed by atoms with E-state index >= 15 is 0 Å². The van der Waals surface area contributed by atoms with Crippen molar-refractivity contribution in [3.63, 3.8) is 0 Å². The third-order valence-corrected chi connectivity index (χ3v) is 2.22. The summed E-state index contributed by atoms with van der Waals surface area (Å²) in [6.07, 6.45) is -0.118. The van der Waals surface area contributed by atoms with Crippen LogP contribution in [0.1, 0.15) is 12.0 Å². The average Bonchev–Trinajstić information content (AvgIpc) is 2.28. The van der Waals surface area contributed by atoms with Crippen molar-refractivity contribution in [1.82, 2.24) is 0 Å². The second kappa shape index (κ2) is 4.50. The topological polar surface area (TPSA) is 37.3 Å². The lowest BCUT2D eigenvalue weighted by atomic mass is 10.1. The van der Waals surface area contributed by atoms with Crippen molar-refractivity contribution in [3.8, 4) is 11.8 Å². The second-order valence-electron chi connectivity index (χ2n) is 3.43. The normalized spacial score (nSPS) is 9.50. The number of aliphatic carboxylic acids is 1. The maximum absolute atomic E-state index is 10.3. The molecule has 0 atom stereocenters. The maximum atomic E-state index is 10.3. The van der Waals surface area contributed by atoms with E-state index in [1.807, 2.05) is 42.5 Å². The highest BCUT2D eigenvalue weighted by Crippen LogP contribution is 2.14. The van der Waals surface area contributed by atoms with Crippen LogP contribution in [0.15, 0.2) is 42.5 Å². The smallest absolute Gasteiger partial charge is 0.315 e. The van der Waals surface area contributed by atoms with Gasteiger partial charge in [-0.25, -0.2) is 0 Å². The molecule has 0 saturated carbocycles. The highest BCUT2D eigenvalue weighted by atomic mass is 16.4. The number of carbonyl (C=O) groups is 1. The Morgan fingerprint density at radius 3 is 2.62 bits per heavy atom. The summed E-state index contributed by atoms with van der Waals surface area (Å²) in [5.41, 5.74) is 0.847. The van der Waals surface area contributed by atoms with Crippen molar-refractivity contribution < 1.29 is 9.90 Å². The van der Waals surface area contributed by atoms with Gasteiger partial charge in [-0.2, -0.15) is 0 Å². The molecule has 1 N–H and O–H groups in total. The van der Waals surface area contributed by atoms with Crippen LogP contribution in [0.25, 0.3) is 10.8 Å². The molecule has 0 saturated heterocycles. The molecule has 2 aromatic carbocycles. The number of benzene rings is 2. The van der Waals surface area contributed by atoms with Crippen molar-refractivity contribution in [2.45, 2.75) is 6.42 Å². The van der Waals surface area contributed by atoms with E-state index in [0.717, 1.165) is 16.3 Å². The minimum atomic E-state index is -0.895. The second-order valence-corrected chi connectivity index (χ2v) is 3.43. The number of hydrogen-bond acceptors (Lipinski definition) is 1. The standard InChI is InChI=1S/C14H10O2/c15-14(16)7-3-4-11-8-9-12-5-1-2-6-13(12)10-11/h1-2,5-6,8-10H,7H2,(H,15,16). The molecule has 0 aliphatic carbocycles. The molecule has 0 spiro atoms. The molecule has 0 amide bonds. The molecular weight excluding hydrogens is 200 g/mol. The molecule has 0 fully saturated rings. The quantitative estimate of drug-likeness (QED) is 0.735. The van der Waals surface area contributed by atoms with Gasteiger partial charge in [-0.1, -0.05) is 42.2 Å². The summed E-state index contributed by atoms with van der Waals surface area (Å²) in [7, 11) is 0. The third kappa shape index (κ3) is 2.40. The van der Waals surface area contributed by atoms with Gasteiger partial charge in [0.1, 0.15) is 6.42 Å². The number of rotatable bonds is 1. The van der Waals surface area contributed by atoms with Gasteiger partial charge in [-0.05, 0) is 22.9 Å². The molecule has 16 heavy (non-hydrogen) atoms. The van der Waals surface area contributed by atoms with E-state index in [1.165, 1.54) is 0 Å². The van der Waals surface area contributed by atoms with Gasteiger partial charge in [0.25, 0.3) is 0 Å². The Hall–Kier alpha value is -2.27. The van der Waals surface area contributed by atoms with Crippen molar-refractivity contribution in [2.24, 2.45) is 0 Å². The van der Waals surface area contributed by atoms with E-state index in [2.05, 4.69) is 11.8 Å². The maximum Gasteiger partial charge on any atom is 0.315 e. The first kappa shape index (κ1) is 10.3. The molecule has 0 aliphatic rings.